The highest BCUT2D eigenvalue weighted by Crippen LogP contribution is 2.19. The van der Waals surface area contributed by atoms with Gasteiger partial charge in [-0.25, -0.2) is 0 Å². The van der Waals surface area contributed by atoms with E-state index >= 15 is 0 Å². The van der Waals surface area contributed by atoms with Gasteiger partial charge in [0.15, 0.2) is 0 Å². The fraction of sp³-hybridized carbons (Fsp3) is 0.524. The summed E-state index contributed by atoms with van der Waals surface area (Å²) in [5.41, 5.74) is 3.03. The quantitative estimate of drug-likeness (QED) is 0.561. The molecule has 0 atom stereocenters. The van der Waals surface area contributed by atoms with Crippen LogP contribution in [0.15, 0.2) is 30.9 Å². The van der Waals surface area contributed by atoms with Crippen molar-refractivity contribution in [3.8, 4) is 0 Å². The number of nitrogens with zero attached hydrogens (tertiary/aromatic N) is 2. The molecule has 1 N–H and O–H groups in total. The Bertz CT molecular complexity index is 640. The van der Waals surface area contributed by atoms with E-state index in [9.17, 15) is 9.59 Å². The van der Waals surface area contributed by atoms with Gasteiger partial charge in [-0.2, -0.15) is 0 Å². The highest BCUT2D eigenvalue weighted by atomic mass is 16.5. The molecule has 0 spiro atoms. The zero-order chi connectivity index (χ0) is 19.6. The topological polar surface area (TPSA) is 61.9 Å². The standard InChI is InChI=1S/C21H31N3O3/c1-4-14-27-15-9-20(26)24-11-6-10-23(12-13-24)16-19(25)22-21-17(2)7-5-8-18(21)3/h4-5,7-8H,1,6,9-16H2,2-3H3,(H,22,25). The van der Waals surface area contributed by atoms with Crippen LogP contribution in [0.2, 0.25) is 0 Å². The molecule has 0 bridgehead atoms. The molecule has 1 aliphatic rings. The summed E-state index contributed by atoms with van der Waals surface area (Å²) in [6, 6.07) is 5.98. The second-order valence-electron chi connectivity index (χ2n) is 6.94. The number of nitrogens with one attached hydrogen (secondary N) is 1. The normalized spacial score (nSPS) is 15.3. The summed E-state index contributed by atoms with van der Waals surface area (Å²) in [5.74, 6) is 0.103. The average Bonchev–Trinajstić information content (AvgIpc) is 2.87. The lowest BCUT2D eigenvalue weighted by atomic mass is 10.1. The molecule has 1 aromatic rings. The van der Waals surface area contributed by atoms with Crippen molar-refractivity contribution in [3.05, 3.63) is 42.0 Å². The second kappa shape index (κ2) is 10.8. The van der Waals surface area contributed by atoms with Crippen LogP contribution in [0.1, 0.15) is 24.0 Å². The molecule has 148 valence electrons. The SMILES string of the molecule is C=CCOCCC(=O)N1CCCN(CC(=O)Nc2c(C)cccc2C)CC1. The number of para-hydroxylation sites is 1. The van der Waals surface area contributed by atoms with Crippen LogP contribution in [0, 0.1) is 13.8 Å². The van der Waals surface area contributed by atoms with Gasteiger partial charge in [-0.15, -0.1) is 6.58 Å². The van der Waals surface area contributed by atoms with Gasteiger partial charge in [0.2, 0.25) is 11.8 Å². The third-order valence-electron chi connectivity index (χ3n) is 4.75. The number of carbonyl (C=O) groups excluding carboxylic acids is 2. The third-order valence-corrected chi connectivity index (χ3v) is 4.75. The van der Waals surface area contributed by atoms with Crippen molar-refractivity contribution < 1.29 is 14.3 Å². The maximum atomic E-state index is 12.5. The van der Waals surface area contributed by atoms with Gasteiger partial charge in [0.1, 0.15) is 0 Å². The minimum atomic E-state index is -0.00926. The summed E-state index contributed by atoms with van der Waals surface area (Å²) in [6.45, 7) is 11.7. The number of benzene rings is 1. The van der Waals surface area contributed by atoms with Gasteiger partial charge in [-0.05, 0) is 31.4 Å². The molecular weight excluding hydrogens is 342 g/mol. The predicted octanol–water partition coefficient (Wildman–Crippen LogP) is 2.37. The summed E-state index contributed by atoms with van der Waals surface area (Å²) in [6.07, 6.45) is 2.94. The molecule has 1 saturated heterocycles. The van der Waals surface area contributed by atoms with Crippen molar-refractivity contribution in [1.82, 2.24) is 9.80 Å². The number of aryl methyl sites for hydroxylation is 2. The van der Waals surface area contributed by atoms with Crippen LogP contribution in [0.25, 0.3) is 0 Å². The molecule has 0 aliphatic carbocycles. The van der Waals surface area contributed by atoms with E-state index in [1.807, 2.05) is 36.9 Å². The predicted molar refractivity (Wildman–Crippen MR) is 108 cm³/mol. The zero-order valence-electron chi connectivity index (χ0n) is 16.5. The second-order valence-corrected chi connectivity index (χ2v) is 6.94. The van der Waals surface area contributed by atoms with E-state index in [2.05, 4.69) is 16.8 Å². The van der Waals surface area contributed by atoms with E-state index in [0.29, 0.717) is 39.3 Å². The summed E-state index contributed by atoms with van der Waals surface area (Å²) in [5, 5.41) is 3.03. The smallest absolute Gasteiger partial charge is 0.238 e. The van der Waals surface area contributed by atoms with E-state index in [4.69, 9.17) is 4.74 Å². The Hall–Kier alpha value is -2.18. The van der Waals surface area contributed by atoms with E-state index in [0.717, 1.165) is 36.3 Å². The first-order valence-electron chi connectivity index (χ1n) is 9.56. The minimum absolute atomic E-state index is 0.00926. The molecule has 2 amide bonds. The average molecular weight is 373 g/mol. The Morgan fingerprint density at radius 2 is 1.93 bits per heavy atom. The van der Waals surface area contributed by atoms with Crippen molar-refractivity contribution in [2.45, 2.75) is 26.7 Å². The fourth-order valence-electron chi connectivity index (χ4n) is 3.26. The van der Waals surface area contributed by atoms with Crippen LogP contribution < -0.4 is 5.32 Å². The molecule has 1 heterocycles. The number of ether oxygens (including phenoxy) is 1. The van der Waals surface area contributed by atoms with Gasteiger partial charge in [0.05, 0.1) is 26.2 Å². The first-order valence-corrected chi connectivity index (χ1v) is 9.56. The molecule has 2 rings (SSSR count). The summed E-state index contributed by atoms with van der Waals surface area (Å²) >= 11 is 0. The monoisotopic (exact) mass is 373 g/mol. The third kappa shape index (κ3) is 6.81. The van der Waals surface area contributed by atoms with Crippen LogP contribution in [0.3, 0.4) is 0 Å². The number of rotatable bonds is 8. The lowest BCUT2D eigenvalue weighted by molar-refractivity contribution is -0.132. The summed E-state index contributed by atoms with van der Waals surface area (Å²) < 4.78 is 5.30. The molecule has 0 aromatic heterocycles. The van der Waals surface area contributed by atoms with Crippen LogP contribution in [0.4, 0.5) is 5.69 Å². The summed E-state index contributed by atoms with van der Waals surface area (Å²) in [7, 11) is 0. The van der Waals surface area contributed by atoms with Crippen LogP contribution in [-0.2, 0) is 14.3 Å². The molecule has 1 aliphatic heterocycles. The van der Waals surface area contributed by atoms with Crippen molar-refractivity contribution in [2.24, 2.45) is 0 Å². The Kier molecular flexibility index (Phi) is 8.48. The maximum absolute atomic E-state index is 12.5. The van der Waals surface area contributed by atoms with E-state index in [-0.39, 0.29) is 11.8 Å². The molecule has 0 unspecified atom stereocenters. The maximum Gasteiger partial charge on any atom is 0.238 e. The first kappa shape index (κ1) is 21.1. The highest BCUT2D eigenvalue weighted by molar-refractivity contribution is 5.93. The molecule has 6 heteroatoms. The van der Waals surface area contributed by atoms with Gasteiger partial charge in [0.25, 0.3) is 0 Å². The highest BCUT2D eigenvalue weighted by Gasteiger charge is 2.20. The number of hydrogen-bond acceptors (Lipinski definition) is 4. The van der Waals surface area contributed by atoms with Gasteiger partial charge in [-0.1, -0.05) is 24.3 Å². The van der Waals surface area contributed by atoms with Crippen LogP contribution in [-0.4, -0.2) is 67.6 Å². The van der Waals surface area contributed by atoms with E-state index < -0.39 is 0 Å². The molecular formula is C21H31N3O3. The molecule has 1 aromatic carbocycles. The number of carbonyl (C=O) groups is 2. The van der Waals surface area contributed by atoms with Gasteiger partial charge in [0, 0.05) is 31.9 Å². The lowest BCUT2D eigenvalue weighted by Gasteiger charge is -2.22. The number of amides is 2. The van der Waals surface area contributed by atoms with Crippen molar-refractivity contribution in [1.29, 1.82) is 0 Å². The molecule has 6 nitrogen and oxygen atoms in total. The minimum Gasteiger partial charge on any atom is -0.377 e. The number of hydrogen-bond donors (Lipinski definition) is 1. The Morgan fingerprint density at radius 3 is 2.63 bits per heavy atom. The Labute approximate surface area is 162 Å². The zero-order valence-corrected chi connectivity index (χ0v) is 16.5. The van der Waals surface area contributed by atoms with Gasteiger partial charge >= 0.3 is 0 Å². The lowest BCUT2D eigenvalue weighted by Crippen LogP contribution is -2.38. The Morgan fingerprint density at radius 1 is 1.19 bits per heavy atom. The van der Waals surface area contributed by atoms with E-state index in [1.165, 1.54) is 0 Å². The molecule has 0 radical (unpaired) electrons. The first-order chi connectivity index (χ1) is 13.0. The fourth-order valence-corrected chi connectivity index (χ4v) is 3.26. The van der Waals surface area contributed by atoms with Crippen molar-refractivity contribution in [3.63, 3.8) is 0 Å². The largest absolute Gasteiger partial charge is 0.377 e. The van der Waals surface area contributed by atoms with Gasteiger partial charge < -0.3 is 15.0 Å². The van der Waals surface area contributed by atoms with Crippen molar-refractivity contribution in [2.75, 3.05) is 51.3 Å². The Balaban J connectivity index is 1.79. The van der Waals surface area contributed by atoms with Crippen molar-refractivity contribution >= 4 is 17.5 Å². The molecule has 27 heavy (non-hydrogen) atoms. The molecule has 0 saturated carbocycles. The summed E-state index contributed by atoms with van der Waals surface area (Å²) in [4.78, 5) is 28.7. The van der Waals surface area contributed by atoms with E-state index in [1.54, 1.807) is 6.08 Å². The van der Waals surface area contributed by atoms with Crippen LogP contribution >= 0.6 is 0 Å². The van der Waals surface area contributed by atoms with Gasteiger partial charge in [-0.3, -0.25) is 14.5 Å². The molecule has 1 fully saturated rings. The number of anilines is 1. The van der Waals surface area contributed by atoms with Crippen LogP contribution in [0.5, 0.6) is 0 Å².